The zero-order valence-corrected chi connectivity index (χ0v) is 6.02. The molecule has 0 aromatic carbocycles. The van der Waals surface area contributed by atoms with Crippen LogP contribution in [0.5, 0.6) is 0 Å². The van der Waals surface area contributed by atoms with Crippen molar-refractivity contribution in [3.63, 3.8) is 0 Å². The maximum absolute atomic E-state index is 9.96. The molecule has 1 rings (SSSR count). The molecule has 0 amide bonds. The molecule has 0 aromatic heterocycles. The Morgan fingerprint density at radius 2 is 2.00 bits per heavy atom. The maximum atomic E-state index is 9.96. The third-order valence-corrected chi connectivity index (χ3v) is 1.28. The van der Waals surface area contributed by atoms with Crippen LogP contribution in [0.25, 0.3) is 0 Å². The molecular formula is C5H9LiN2O2. The summed E-state index contributed by atoms with van der Waals surface area (Å²) in [6, 6.07) is 0. The molecule has 1 heterocycles. The van der Waals surface area contributed by atoms with Gasteiger partial charge in [0.1, 0.15) is 0 Å². The molecule has 5 heteroatoms. The molecule has 4 nitrogen and oxygen atoms in total. The Morgan fingerprint density at radius 3 is 2.40 bits per heavy atom. The number of rotatable bonds is 2. The third-order valence-electron chi connectivity index (χ3n) is 1.28. The van der Waals surface area contributed by atoms with Gasteiger partial charge in [0.05, 0.1) is 6.17 Å². The van der Waals surface area contributed by atoms with Gasteiger partial charge in [-0.2, -0.15) is 0 Å². The summed E-state index contributed by atoms with van der Waals surface area (Å²) in [6.45, 7) is 1.69. The maximum Gasteiger partial charge on any atom is 1.00 e. The van der Waals surface area contributed by atoms with Crippen molar-refractivity contribution in [1.29, 1.82) is 0 Å². The monoisotopic (exact) mass is 136 g/mol. The molecule has 0 atom stereocenters. The van der Waals surface area contributed by atoms with Gasteiger partial charge in [-0.25, -0.2) is 0 Å². The van der Waals surface area contributed by atoms with E-state index >= 15 is 0 Å². The van der Waals surface area contributed by atoms with E-state index in [1.54, 1.807) is 0 Å². The van der Waals surface area contributed by atoms with Gasteiger partial charge in [-0.1, -0.05) is 0 Å². The van der Waals surface area contributed by atoms with E-state index in [9.17, 15) is 9.90 Å². The molecule has 0 aliphatic carbocycles. The molecule has 10 heavy (non-hydrogen) atoms. The van der Waals surface area contributed by atoms with Gasteiger partial charge in [0.25, 0.3) is 0 Å². The Bertz CT molecular complexity index is 114. The molecule has 0 saturated carbocycles. The summed E-state index contributed by atoms with van der Waals surface area (Å²) in [4.78, 5) is 9.96. The Kier molecular flexibility index (Phi) is 4.74. The van der Waals surface area contributed by atoms with E-state index in [2.05, 4.69) is 10.6 Å². The molecule has 1 aliphatic rings. The minimum absolute atomic E-state index is 0. The normalized spacial score (nSPS) is 18.4. The number of carboxylic acids is 1. The predicted molar refractivity (Wildman–Crippen MR) is 29.4 cm³/mol. The number of hydrogen-bond acceptors (Lipinski definition) is 4. The largest absolute Gasteiger partial charge is 1.00 e. The van der Waals surface area contributed by atoms with E-state index in [4.69, 9.17) is 0 Å². The first-order chi connectivity index (χ1) is 4.29. The number of carbonyl (C=O) groups excluding carboxylic acids is 1. The van der Waals surface area contributed by atoms with Crippen LogP contribution in [0.4, 0.5) is 0 Å². The fourth-order valence-corrected chi connectivity index (χ4v) is 0.876. The fraction of sp³-hybridized carbons (Fsp3) is 0.800. The van der Waals surface area contributed by atoms with Crippen LogP contribution in [-0.2, 0) is 4.79 Å². The van der Waals surface area contributed by atoms with Crippen molar-refractivity contribution in [2.45, 2.75) is 12.6 Å². The van der Waals surface area contributed by atoms with E-state index in [0.29, 0.717) is 0 Å². The molecule has 0 spiro atoms. The SMILES string of the molecule is O=C([O-])CC1NCCN1.[Li+]. The van der Waals surface area contributed by atoms with Crippen LogP contribution in [0, 0.1) is 0 Å². The van der Waals surface area contributed by atoms with Crippen molar-refractivity contribution >= 4 is 5.97 Å². The van der Waals surface area contributed by atoms with E-state index < -0.39 is 5.97 Å². The van der Waals surface area contributed by atoms with Crippen molar-refractivity contribution in [2.24, 2.45) is 0 Å². The van der Waals surface area contributed by atoms with Crippen LogP contribution in [0.2, 0.25) is 0 Å². The standard InChI is InChI=1S/C5H10N2O2.Li/c8-5(9)3-4-6-1-2-7-4;/h4,6-7H,1-3H2,(H,8,9);/q;+1/p-1. The molecule has 1 saturated heterocycles. The van der Waals surface area contributed by atoms with Crippen LogP contribution < -0.4 is 34.6 Å². The Morgan fingerprint density at radius 1 is 1.50 bits per heavy atom. The molecule has 0 radical (unpaired) electrons. The molecule has 2 N–H and O–H groups in total. The number of hydrogen-bond donors (Lipinski definition) is 2. The van der Waals surface area contributed by atoms with E-state index in [0.717, 1.165) is 13.1 Å². The van der Waals surface area contributed by atoms with Crippen LogP contribution in [0.15, 0.2) is 0 Å². The number of aliphatic carboxylic acids is 1. The number of carboxylic acid groups (broad SMARTS) is 1. The predicted octanol–water partition coefficient (Wildman–Crippen LogP) is -5.35. The van der Waals surface area contributed by atoms with Gasteiger partial charge in [-0.3, -0.25) is 0 Å². The molecule has 52 valence electrons. The van der Waals surface area contributed by atoms with E-state index in [1.165, 1.54) is 0 Å². The van der Waals surface area contributed by atoms with Gasteiger partial charge in [0, 0.05) is 25.5 Å². The summed E-state index contributed by atoms with van der Waals surface area (Å²) >= 11 is 0. The van der Waals surface area contributed by atoms with Crippen LogP contribution in [0.3, 0.4) is 0 Å². The van der Waals surface area contributed by atoms with Crippen molar-refractivity contribution in [2.75, 3.05) is 13.1 Å². The van der Waals surface area contributed by atoms with Gasteiger partial charge in [0.15, 0.2) is 0 Å². The van der Waals surface area contributed by atoms with Crippen molar-refractivity contribution in [3.8, 4) is 0 Å². The summed E-state index contributed by atoms with van der Waals surface area (Å²) in [5.41, 5.74) is 0. The quantitative estimate of drug-likeness (QED) is 0.372. The molecule has 0 bridgehead atoms. The van der Waals surface area contributed by atoms with E-state index in [-0.39, 0.29) is 31.4 Å². The average molecular weight is 136 g/mol. The topological polar surface area (TPSA) is 64.2 Å². The molecular weight excluding hydrogens is 127 g/mol. The summed E-state index contributed by atoms with van der Waals surface area (Å²) in [5.74, 6) is -1.01. The Hall–Kier alpha value is -0.0126. The molecule has 1 fully saturated rings. The Labute approximate surface area is 71.5 Å². The Balaban J connectivity index is 0.000000810. The third kappa shape index (κ3) is 3.23. The second-order valence-electron chi connectivity index (χ2n) is 2.04. The van der Waals surface area contributed by atoms with Gasteiger partial charge in [-0.15, -0.1) is 0 Å². The number of nitrogens with one attached hydrogen (secondary N) is 2. The summed E-state index contributed by atoms with van der Waals surface area (Å²) in [6.07, 6.45) is -0.0185. The first-order valence-electron chi connectivity index (χ1n) is 2.95. The molecule has 1 aliphatic heterocycles. The zero-order chi connectivity index (χ0) is 6.69. The van der Waals surface area contributed by atoms with Crippen molar-refractivity contribution in [1.82, 2.24) is 10.6 Å². The summed E-state index contributed by atoms with van der Waals surface area (Å²) in [5, 5.41) is 15.9. The van der Waals surface area contributed by atoms with Crippen LogP contribution in [-0.4, -0.2) is 25.2 Å². The van der Waals surface area contributed by atoms with E-state index in [1.807, 2.05) is 0 Å². The molecule has 0 unspecified atom stereocenters. The second kappa shape index (κ2) is 4.75. The van der Waals surface area contributed by atoms with Crippen LogP contribution >= 0.6 is 0 Å². The van der Waals surface area contributed by atoms with Crippen molar-refractivity contribution in [3.05, 3.63) is 0 Å². The number of carbonyl (C=O) groups is 1. The zero-order valence-electron chi connectivity index (χ0n) is 6.02. The van der Waals surface area contributed by atoms with Gasteiger partial charge >= 0.3 is 18.9 Å². The fourth-order valence-electron chi connectivity index (χ4n) is 0.876. The smallest absolute Gasteiger partial charge is 0.550 e. The van der Waals surface area contributed by atoms with Crippen molar-refractivity contribution < 1.29 is 28.8 Å². The van der Waals surface area contributed by atoms with Crippen LogP contribution in [0.1, 0.15) is 6.42 Å². The second-order valence-corrected chi connectivity index (χ2v) is 2.04. The first kappa shape index (κ1) is 9.99. The minimum Gasteiger partial charge on any atom is -0.550 e. The van der Waals surface area contributed by atoms with Gasteiger partial charge in [0.2, 0.25) is 0 Å². The first-order valence-corrected chi connectivity index (χ1v) is 2.95. The van der Waals surface area contributed by atoms with Gasteiger partial charge < -0.3 is 20.5 Å². The molecule has 0 aromatic rings. The summed E-state index contributed by atoms with van der Waals surface area (Å²) in [7, 11) is 0. The minimum atomic E-state index is -1.01. The average Bonchev–Trinajstić information content (AvgIpc) is 2.15. The van der Waals surface area contributed by atoms with Gasteiger partial charge in [-0.05, 0) is 0 Å². The summed E-state index contributed by atoms with van der Waals surface area (Å²) < 4.78 is 0.